The number of ether oxygens (including phenoxy) is 1. The van der Waals surface area contributed by atoms with Gasteiger partial charge in [0.25, 0.3) is 5.91 Å². The summed E-state index contributed by atoms with van der Waals surface area (Å²) in [5, 5.41) is 4.71. The van der Waals surface area contributed by atoms with Crippen LogP contribution in [0.3, 0.4) is 0 Å². The van der Waals surface area contributed by atoms with Crippen LogP contribution in [-0.4, -0.2) is 37.9 Å². The number of benzene rings is 2. The van der Waals surface area contributed by atoms with Gasteiger partial charge >= 0.3 is 6.03 Å². The second kappa shape index (κ2) is 7.57. The second-order valence-electron chi connectivity index (χ2n) is 5.97. The van der Waals surface area contributed by atoms with Crippen LogP contribution in [0, 0.1) is 0 Å². The number of rotatable bonds is 4. The van der Waals surface area contributed by atoms with E-state index in [1.807, 2.05) is 18.2 Å². The maximum absolute atomic E-state index is 12.2. The van der Waals surface area contributed by atoms with Gasteiger partial charge in [-0.1, -0.05) is 24.3 Å². The summed E-state index contributed by atoms with van der Waals surface area (Å²) in [5.41, 5.74) is 0.257. The molecule has 0 aliphatic carbocycles. The SMILES string of the molecule is O=C(NC(=O)c1cccc(Oc2ccccc2)c1)N[C@H]1CCS(=O)(=O)C1. The summed E-state index contributed by atoms with van der Waals surface area (Å²) in [6.45, 7) is 0. The molecular weight excluding hydrogens is 356 g/mol. The number of para-hydroxylation sites is 1. The average Bonchev–Trinajstić information content (AvgIpc) is 2.94. The molecule has 3 amide bonds. The molecule has 8 heteroatoms. The zero-order valence-electron chi connectivity index (χ0n) is 13.8. The Balaban J connectivity index is 1.59. The van der Waals surface area contributed by atoms with Gasteiger partial charge in [-0.05, 0) is 36.8 Å². The predicted octanol–water partition coefficient (Wildman–Crippen LogP) is 2.11. The average molecular weight is 374 g/mol. The van der Waals surface area contributed by atoms with Crippen LogP contribution < -0.4 is 15.4 Å². The molecule has 2 N–H and O–H groups in total. The van der Waals surface area contributed by atoms with Gasteiger partial charge in [-0.15, -0.1) is 0 Å². The Morgan fingerprint density at radius 3 is 2.42 bits per heavy atom. The standard InChI is InChI=1S/C18H18N2O5S/c21-17(20-18(22)19-14-9-10-26(23,24)12-14)13-5-4-8-16(11-13)25-15-6-2-1-3-7-15/h1-8,11,14H,9-10,12H2,(H2,19,20,21,22)/t14-/m0/s1. The molecule has 136 valence electrons. The first-order valence-corrected chi connectivity index (χ1v) is 9.89. The van der Waals surface area contributed by atoms with E-state index in [2.05, 4.69) is 10.6 Å². The molecule has 1 heterocycles. The Hall–Kier alpha value is -2.87. The van der Waals surface area contributed by atoms with Crippen LogP contribution >= 0.6 is 0 Å². The molecule has 1 atom stereocenters. The van der Waals surface area contributed by atoms with Crippen molar-refractivity contribution >= 4 is 21.8 Å². The third kappa shape index (κ3) is 4.82. The van der Waals surface area contributed by atoms with E-state index < -0.39 is 27.8 Å². The predicted molar refractivity (Wildman–Crippen MR) is 96.0 cm³/mol. The molecule has 1 fully saturated rings. The van der Waals surface area contributed by atoms with E-state index >= 15 is 0 Å². The molecule has 0 radical (unpaired) electrons. The van der Waals surface area contributed by atoms with Crippen molar-refractivity contribution in [2.45, 2.75) is 12.5 Å². The summed E-state index contributed by atoms with van der Waals surface area (Å²) in [6, 6.07) is 14.3. The highest BCUT2D eigenvalue weighted by Gasteiger charge is 2.29. The van der Waals surface area contributed by atoms with Crippen LogP contribution in [0.4, 0.5) is 4.79 Å². The van der Waals surface area contributed by atoms with Gasteiger partial charge in [0.2, 0.25) is 0 Å². The summed E-state index contributed by atoms with van der Waals surface area (Å²) in [7, 11) is -3.10. The fourth-order valence-electron chi connectivity index (χ4n) is 2.63. The summed E-state index contributed by atoms with van der Waals surface area (Å²) < 4.78 is 28.5. The van der Waals surface area contributed by atoms with E-state index in [0.717, 1.165) is 0 Å². The molecule has 7 nitrogen and oxygen atoms in total. The fraction of sp³-hybridized carbons (Fsp3) is 0.222. The third-order valence-corrected chi connectivity index (χ3v) is 5.64. The lowest BCUT2D eigenvalue weighted by Crippen LogP contribution is -2.45. The molecular formula is C18H18N2O5S. The molecule has 1 aliphatic heterocycles. The molecule has 3 rings (SSSR count). The normalized spacial score (nSPS) is 18.1. The Labute approximate surface area is 151 Å². The number of sulfone groups is 1. The van der Waals surface area contributed by atoms with E-state index in [1.54, 1.807) is 30.3 Å². The number of nitrogens with one attached hydrogen (secondary N) is 2. The van der Waals surface area contributed by atoms with Crippen LogP contribution in [0.5, 0.6) is 11.5 Å². The van der Waals surface area contributed by atoms with E-state index in [0.29, 0.717) is 17.9 Å². The molecule has 1 saturated heterocycles. The largest absolute Gasteiger partial charge is 0.457 e. The summed E-state index contributed by atoms with van der Waals surface area (Å²) in [4.78, 5) is 24.1. The topological polar surface area (TPSA) is 102 Å². The minimum Gasteiger partial charge on any atom is -0.457 e. The lowest BCUT2D eigenvalue weighted by atomic mass is 10.2. The number of carbonyl (C=O) groups is 2. The van der Waals surface area contributed by atoms with Gasteiger partial charge in [0.15, 0.2) is 9.84 Å². The minimum atomic E-state index is -3.10. The summed E-state index contributed by atoms with van der Waals surface area (Å²) >= 11 is 0. The molecule has 0 aromatic heterocycles. The van der Waals surface area contributed by atoms with Gasteiger partial charge in [0, 0.05) is 11.6 Å². The van der Waals surface area contributed by atoms with Crippen molar-refractivity contribution in [2.24, 2.45) is 0 Å². The maximum atomic E-state index is 12.2. The maximum Gasteiger partial charge on any atom is 0.321 e. The summed E-state index contributed by atoms with van der Waals surface area (Å²) in [6.07, 6.45) is 0.352. The Morgan fingerprint density at radius 2 is 1.73 bits per heavy atom. The Kier molecular flexibility index (Phi) is 5.22. The van der Waals surface area contributed by atoms with Crippen LogP contribution in [0.1, 0.15) is 16.8 Å². The molecule has 26 heavy (non-hydrogen) atoms. The van der Waals surface area contributed by atoms with E-state index in [1.165, 1.54) is 6.07 Å². The quantitative estimate of drug-likeness (QED) is 0.853. The van der Waals surface area contributed by atoms with Crippen LogP contribution in [0.25, 0.3) is 0 Å². The Morgan fingerprint density at radius 1 is 1.00 bits per heavy atom. The van der Waals surface area contributed by atoms with Crippen molar-refractivity contribution in [2.75, 3.05) is 11.5 Å². The van der Waals surface area contributed by atoms with Crippen molar-refractivity contribution in [3.63, 3.8) is 0 Å². The first kappa shape index (κ1) is 17.9. The van der Waals surface area contributed by atoms with Crippen LogP contribution in [-0.2, 0) is 9.84 Å². The molecule has 2 aromatic rings. The third-order valence-electron chi connectivity index (χ3n) is 3.87. The lowest BCUT2D eigenvalue weighted by molar-refractivity contribution is 0.0963. The fourth-order valence-corrected chi connectivity index (χ4v) is 4.30. The molecule has 0 saturated carbocycles. The zero-order valence-corrected chi connectivity index (χ0v) is 14.7. The number of hydrogen-bond donors (Lipinski definition) is 2. The summed E-state index contributed by atoms with van der Waals surface area (Å²) in [5.74, 6) is 0.443. The van der Waals surface area contributed by atoms with Crippen molar-refractivity contribution in [3.05, 3.63) is 60.2 Å². The monoisotopic (exact) mass is 374 g/mol. The van der Waals surface area contributed by atoms with E-state index in [-0.39, 0.29) is 17.1 Å². The van der Waals surface area contributed by atoms with Crippen LogP contribution in [0.2, 0.25) is 0 Å². The number of hydrogen-bond acceptors (Lipinski definition) is 5. The lowest BCUT2D eigenvalue weighted by Gasteiger charge is -2.12. The second-order valence-corrected chi connectivity index (χ2v) is 8.20. The van der Waals surface area contributed by atoms with Gasteiger partial charge in [0.05, 0.1) is 11.5 Å². The van der Waals surface area contributed by atoms with Crippen molar-refractivity contribution in [1.29, 1.82) is 0 Å². The van der Waals surface area contributed by atoms with Crippen molar-refractivity contribution in [1.82, 2.24) is 10.6 Å². The van der Waals surface area contributed by atoms with Crippen molar-refractivity contribution < 1.29 is 22.7 Å². The minimum absolute atomic E-state index is 0.0464. The highest BCUT2D eigenvalue weighted by molar-refractivity contribution is 7.91. The zero-order chi connectivity index (χ0) is 18.6. The molecule has 0 unspecified atom stereocenters. The van der Waals surface area contributed by atoms with E-state index in [4.69, 9.17) is 4.74 Å². The van der Waals surface area contributed by atoms with Crippen molar-refractivity contribution in [3.8, 4) is 11.5 Å². The Bertz CT molecular complexity index is 912. The van der Waals surface area contributed by atoms with E-state index in [9.17, 15) is 18.0 Å². The number of amides is 3. The molecule has 0 spiro atoms. The van der Waals surface area contributed by atoms with Gasteiger partial charge in [0.1, 0.15) is 11.5 Å². The highest BCUT2D eigenvalue weighted by atomic mass is 32.2. The molecule has 1 aliphatic rings. The van der Waals surface area contributed by atoms with Gasteiger partial charge in [-0.3, -0.25) is 10.1 Å². The van der Waals surface area contributed by atoms with Gasteiger partial charge in [-0.25, -0.2) is 13.2 Å². The first-order valence-electron chi connectivity index (χ1n) is 8.06. The highest BCUT2D eigenvalue weighted by Crippen LogP contribution is 2.21. The van der Waals surface area contributed by atoms with Gasteiger partial charge < -0.3 is 10.1 Å². The molecule has 2 aromatic carbocycles. The van der Waals surface area contributed by atoms with Gasteiger partial charge in [-0.2, -0.15) is 0 Å². The van der Waals surface area contributed by atoms with Crippen LogP contribution in [0.15, 0.2) is 54.6 Å². The number of imide groups is 1. The first-order chi connectivity index (χ1) is 12.4. The smallest absolute Gasteiger partial charge is 0.321 e. The number of urea groups is 1. The molecule has 0 bridgehead atoms. The number of carbonyl (C=O) groups excluding carboxylic acids is 2.